The van der Waals surface area contributed by atoms with Gasteiger partial charge >= 0.3 is 0 Å². The quantitative estimate of drug-likeness (QED) is 0.712. The molecule has 1 saturated carbocycles. The van der Waals surface area contributed by atoms with Crippen LogP contribution in [0.1, 0.15) is 83.1 Å². The SMILES string of the molecule is Cc1ccc2c(c1)NC(=O)C(C)(C(=O)NC1CCCCCCCCCCC1)O2. The molecule has 154 valence electrons. The molecule has 0 bridgehead atoms. The molecule has 28 heavy (non-hydrogen) atoms. The minimum atomic E-state index is -1.54. The molecular formula is C23H34N2O3. The third-order valence-electron chi connectivity index (χ3n) is 6.00. The predicted molar refractivity (Wildman–Crippen MR) is 112 cm³/mol. The standard InChI is InChI=1S/C23H34N2O3/c1-17-14-15-20-19(16-17)25-22(27)23(2,28-20)21(26)24-18-12-10-8-6-4-3-5-7-9-11-13-18/h14-16,18H,3-13H2,1-2H3,(H,24,26)(H,25,27). The Bertz CT molecular complexity index is 691. The van der Waals surface area contributed by atoms with E-state index in [0.29, 0.717) is 11.4 Å². The van der Waals surface area contributed by atoms with E-state index in [-0.39, 0.29) is 11.9 Å². The molecular weight excluding hydrogens is 352 g/mol. The van der Waals surface area contributed by atoms with Crippen LogP contribution in [0.15, 0.2) is 18.2 Å². The number of ether oxygens (including phenoxy) is 1. The number of amides is 2. The summed E-state index contributed by atoms with van der Waals surface area (Å²) >= 11 is 0. The van der Waals surface area contributed by atoms with Crippen LogP contribution < -0.4 is 15.4 Å². The first-order chi connectivity index (χ1) is 13.5. The maximum Gasteiger partial charge on any atom is 0.278 e. The number of carbonyl (C=O) groups excluding carboxylic acids is 2. The van der Waals surface area contributed by atoms with E-state index in [9.17, 15) is 9.59 Å². The van der Waals surface area contributed by atoms with Gasteiger partial charge < -0.3 is 15.4 Å². The van der Waals surface area contributed by atoms with Gasteiger partial charge in [0.05, 0.1) is 5.69 Å². The predicted octanol–water partition coefficient (Wildman–Crippen LogP) is 4.87. The van der Waals surface area contributed by atoms with Crippen molar-refractivity contribution in [3.63, 3.8) is 0 Å². The minimum absolute atomic E-state index is 0.111. The molecule has 1 heterocycles. The fourth-order valence-corrected chi connectivity index (χ4v) is 4.12. The Kier molecular flexibility index (Phi) is 6.97. The lowest BCUT2D eigenvalue weighted by molar-refractivity contribution is -0.147. The number of hydrogen-bond acceptors (Lipinski definition) is 3. The van der Waals surface area contributed by atoms with Crippen LogP contribution in [0.3, 0.4) is 0 Å². The molecule has 1 aromatic carbocycles. The van der Waals surface area contributed by atoms with Crippen LogP contribution in [0.2, 0.25) is 0 Å². The van der Waals surface area contributed by atoms with Gasteiger partial charge in [-0.3, -0.25) is 9.59 Å². The zero-order chi connectivity index (χ0) is 20.0. The first-order valence-electron chi connectivity index (χ1n) is 10.9. The average molecular weight is 387 g/mol. The third kappa shape index (κ3) is 5.06. The largest absolute Gasteiger partial charge is 0.466 e. The second kappa shape index (κ2) is 9.44. The zero-order valence-corrected chi connectivity index (χ0v) is 17.3. The molecule has 1 aliphatic carbocycles. The zero-order valence-electron chi connectivity index (χ0n) is 17.3. The van der Waals surface area contributed by atoms with Crippen LogP contribution in [0.5, 0.6) is 5.75 Å². The fourth-order valence-electron chi connectivity index (χ4n) is 4.12. The number of rotatable bonds is 2. The molecule has 0 spiro atoms. The maximum atomic E-state index is 13.1. The Morgan fingerprint density at radius 3 is 2.21 bits per heavy atom. The van der Waals surface area contributed by atoms with Crippen molar-refractivity contribution in [1.82, 2.24) is 5.32 Å². The van der Waals surface area contributed by atoms with Crippen molar-refractivity contribution < 1.29 is 14.3 Å². The Hall–Kier alpha value is -2.04. The highest BCUT2D eigenvalue weighted by Gasteiger charge is 2.47. The molecule has 0 aromatic heterocycles. The average Bonchev–Trinajstić information content (AvgIpc) is 2.65. The highest BCUT2D eigenvalue weighted by atomic mass is 16.5. The van der Waals surface area contributed by atoms with E-state index >= 15 is 0 Å². The summed E-state index contributed by atoms with van der Waals surface area (Å²) < 4.78 is 5.90. The van der Waals surface area contributed by atoms with E-state index < -0.39 is 11.5 Å². The third-order valence-corrected chi connectivity index (χ3v) is 6.00. The van der Waals surface area contributed by atoms with Gasteiger partial charge in [-0.05, 0) is 44.4 Å². The Morgan fingerprint density at radius 1 is 1.04 bits per heavy atom. The van der Waals surface area contributed by atoms with Crippen molar-refractivity contribution >= 4 is 17.5 Å². The minimum Gasteiger partial charge on any atom is -0.466 e. The topological polar surface area (TPSA) is 67.4 Å². The fraction of sp³-hybridized carbons (Fsp3) is 0.652. The maximum absolute atomic E-state index is 13.1. The highest BCUT2D eigenvalue weighted by molar-refractivity contribution is 6.15. The number of nitrogens with one attached hydrogen (secondary N) is 2. The van der Waals surface area contributed by atoms with Gasteiger partial charge in [0.15, 0.2) is 0 Å². The molecule has 2 aliphatic rings. The molecule has 0 radical (unpaired) electrons. The first-order valence-corrected chi connectivity index (χ1v) is 10.9. The van der Waals surface area contributed by atoms with E-state index in [1.807, 2.05) is 25.1 Å². The molecule has 0 saturated heterocycles. The molecule has 5 nitrogen and oxygen atoms in total. The lowest BCUT2D eigenvalue weighted by Gasteiger charge is -2.34. The summed E-state index contributed by atoms with van der Waals surface area (Å²) in [6.45, 7) is 3.52. The van der Waals surface area contributed by atoms with Crippen molar-refractivity contribution in [3.8, 4) is 5.75 Å². The lowest BCUT2D eigenvalue weighted by atomic mass is 9.96. The Morgan fingerprint density at radius 2 is 1.61 bits per heavy atom. The summed E-state index contributed by atoms with van der Waals surface area (Å²) in [7, 11) is 0. The molecule has 1 aliphatic heterocycles. The van der Waals surface area contributed by atoms with Crippen LogP contribution in [0.25, 0.3) is 0 Å². The van der Waals surface area contributed by atoms with Gasteiger partial charge in [0.25, 0.3) is 17.4 Å². The van der Waals surface area contributed by atoms with Gasteiger partial charge in [0.2, 0.25) is 0 Å². The van der Waals surface area contributed by atoms with E-state index in [4.69, 9.17) is 4.74 Å². The summed E-state index contributed by atoms with van der Waals surface area (Å²) in [6.07, 6.45) is 13.2. The number of aryl methyl sites for hydroxylation is 1. The monoisotopic (exact) mass is 386 g/mol. The van der Waals surface area contributed by atoms with Crippen LogP contribution in [-0.4, -0.2) is 23.5 Å². The molecule has 2 amide bonds. The van der Waals surface area contributed by atoms with Crippen molar-refractivity contribution in [2.75, 3.05) is 5.32 Å². The number of benzene rings is 1. The lowest BCUT2D eigenvalue weighted by Crippen LogP contribution is -2.60. The van der Waals surface area contributed by atoms with E-state index in [1.54, 1.807) is 6.92 Å². The molecule has 3 rings (SSSR count). The summed E-state index contributed by atoms with van der Waals surface area (Å²) in [5, 5.41) is 5.97. The number of fused-ring (bicyclic) bond motifs is 1. The van der Waals surface area contributed by atoms with Crippen LogP contribution >= 0.6 is 0 Å². The van der Waals surface area contributed by atoms with E-state index in [1.165, 1.54) is 44.9 Å². The smallest absolute Gasteiger partial charge is 0.278 e. The van der Waals surface area contributed by atoms with Gasteiger partial charge in [0, 0.05) is 6.04 Å². The Balaban J connectivity index is 1.65. The van der Waals surface area contributed by atoms with Gasteiger partial charge in [-0.25, -0.2) is 0 Å². The molecule has 2 N–H and O–H groups in total. The number of carbonyl (C=O) groups is 2. The van der Waals surface area contributed by atoms with Crippen LogP contribution in [-0.2, 0) is 9.59 Å². The van der Waals surface area contributed by atoms with Crippen molar-refractivity contribution in [3.05, 3.63) is 23.8 Å². The molecule has 1 unspecified atom stereocenters. The van der Waals surface area contributed by atoms with Crippen molar-refractivity contribution in [2.45, 2.75) is 96.1 Å². The van der Waals surface area contributed by atoms with E-state index in [2.05, 4.69) is 10.6 Å². The van der Waals surface area contributed by atoms with Gasteiger partial charge in [-0.1, -0.05) is 63.9 Å². The highest BCUT2D eigenvalue weighted by Crippen LogP contribution is 2.34. The second-order valence-electron chi connectivity index (χ2n) is 8.52. The summed E-state index contributed by atoms with van der Waals surface area (Å²) in [5.41, 5.74) is 0.122. The van der Waals surface area contributed by atoms with Gasteiger partial charge in [-0.15, -0.1) is 0 Å². The first kappa shape index (κ1) is 20.7. The molecule has 1 atom stereocenters. The molecule has 5 heteroatoms. The van der Waals surface area contributed by atoms with Gasteiger partial charge in [0.1, 0.15) is 5.75 Å². The number of anilines is 1. The van der Waals surface area contributed by atoms with Crippen LogP contribution in [0.4, 0.5) is 5.69 Å². The molecule has 1 aromatic rings. The van der Waals surface area contributed by atoms with Crippen molar-refractivity contribution in [2.24, 2.45) is 0 Å². The summed E-state index contributed by atoms with van der Waals surface area (Å²) in [4.78, 5) is 25.7. The van der Waals surface area contributed by atoms with Gasteiger partial charge in [-0.2, -0.15) is 0 Å². The summed E-state index contributed by atoms with van der Waals surface area (Å²) in [5.74, 6) is -0.203. The Labute approximate surface area is 168 Å². The normalized spacial score (nSPS) is 24.7. The van der Waals surface area contributed by atoms with E-state index in [0.717, 1.165) is 31.2 Å². The number of hydrogen-bond donors (Lipinski definition) is 2. The van der Waals surface area contributed by atoms with Crippen LogP contribution in [0, 0.1) is 6.92 Å². The second-order valence-corrected chi connectivity index (χ2v) is 8.52. The summed E-state index contributed by atoms with van der Waals surface area (Å²) in [6, 6.07) is 5.70. The molecule has 1 fully saturated rings. The van der Waals surface area contributed by atoms with Crippen molar-refractivity contribution in [1.29, 1.82) is 0 Å².